The van der Waals surface area contributed by atoms with Gasteiger partial charge < -0.3 is 4.57 Å². The maximum Gasteiger partial charge on any atom is 0.127 e. The van der Waals surface area contributed by atoms with Gasteiger partial charge in [0.05, 0.1) is 18.2 Å². The van der Waals surface area contributed by atoms with Crippen LogP contribution >= 0.6 is 11.8 Å². The zero-order valence-corrected chi connectivity index (χ0v) is 12.8. The molecule has 3 nitrogen and oxygen atoms in total. The Balaban J connectivity index is 2.45. The topological polar surface area (TPSA) is 41.6 Å². The summed E-state index contributed by atoms with van der Waals surface area (Å²) in [5, 5.41) is 9.64. The van der Waals surface area contributed by atoms with Gasteiger partial charge in [0.2, 0.25) is 0 Å². The maximum absolute atomic E-state index is 13.3. The number of hydrogen-bond acceptors (Lipinski definition) is 3. The molecule has 21 heavy (non-hydrogen) atoms. The molecule has 0 spiro atoms. The first-order valence-electron chi connectivity index (χ1n) is 6.48. The predicted octanol–water partition coefficient (Wildman–Crippen LogP) is 4.04. The summed E-state index contributed by atoms with van der Waals surface area (Å²) in [7, 11) is 1.81. The van der Waals surface area contributed by atoms with E-state index in [1.165, 1.54) is 23.9 Å². The second-order valence-electron chi connectivity index (χ2n) is 4.97. The molecule has 0 fully saturated rings. The Hall–Kier alpha value is -1.87. The van der Waals surface area contributed by atoms with Crippen molar-refractivity contribution < 1.29 is 8.78 Å². The van der Waals surface area contributed by atoms with Gasteiger partial charge in [0, 0.05) is 18.0 Å². The van der Waals surface area contributed by atoms with Crippen LogP contribution in [-0.2, 0) is 13.5 Å². The molecule has 1 aromatic heterocycles. The van der Waals surface area contributed by atoms with Crippen LogP contribution < -0.4 is 0 Å². The van der Waals surface area contributed by atoms with Crippen LogP contribution in [0.25, 0.3) is 0 Å². The number of halogens is 2. The maximum atomic E-state index is 13.3. The van der Waals surface area contributed by atoms with E-state index in [1.54, 1.807) is 0 Å². The molecule has 0 aliphatic carbocycles. The molecule has 0 bridgehead atoms. The zero-order valence-electron chi connectivity index (χ0n) is 12.0. The molecule has 2 rings (SSSR count). The molecule has 0 saturated carbocycles. The van der Waals surface area contributed by atoms with E-state index in [0.29, 0.717) is 10.7 Å². The molecule has 1 heterocycles. The number of imidazole rings is 1. The Morgan fingerprint density at radius 1 is 1.29 bits per heavy atom. The highest BCUT2D eigenvalue weighted by atomic mass is 32.2. The fraction of sp³-hybridized carbons (Fsp3) is 0.333. The molecule has 0 aliphatic rings. The van der Waals surface area contributed by atoms with E-state index in [4.69, 9.17) is 5.26 Å². The number of nitriles is 1. The zero-order chi connectivity index (χ0) is 15.6. The van der Waals surface area contributed by atoms with Gasteiger partial charge in [0.25, 0.3) is 0 Å². The van der Waals surface area contributed by atoms with E-state index in [2.05, 4.69) is 11.1 Å². The van der Waals surface area contributed by atoms with Gasteiger partial charge in [-0.05, 0) is 18.1 Å². The molecular weight excluding hydrogens is 292 g/mol. The lowest BCUT2D eigenvalue weighted by Gasteiger charge is -2.08. The Labute approximate surface area is 126 Å². The summed E-state index contributed by atoms with van der Waals surface area (Å²) in [5.41, 5.74) is 0.831. The Morgan fingerprint density at radius 3 is 2.43 bits per heavy atom. The normalized spacial score (nSPS) is 10.9. The van der Waals surface area contributed by atoms with Gasteiger partial charge >= 0.3 is 0 Å². The van der Waals surface area contributed by atoms with Gasteiger partial charge in [-0.15, -0.1) is 0 Å². The standard InChI is InChI=1S/C15H15F2N3S/c1-9(2)14-15(20(3)13(19-14)4-5-18)21-12-7-10(16)6-11(17)8-12/h6-9H,4H2,1-3H3. The Kier molecular flexibility index (Phi) is 4.63. The molecule has 1 aromatic carbocycles. The van der Waals surface area contributed by atoms with Crippen molar-refractivity contribution in [2.24, 2.45) is 7.05 Å². The lowest BCUT2D eigenvalue weighted by Crippen LogP contribution is -1.98. The third-order valence-electron chi connectivity index (χ3n) is 3.00. The second-order valence-corrected chi connectivity index (χ2v) is 6.04. The first kappa shape index (κ1) is 15.5. The molecule has 0 saturated heterocycles. The SMILES string of the molecule is CC(C)c1nc(CC#N)n(C)c1Sc1cc(F)cc(F)c1. The predicted molar refractivity (Wildman–Crippen MR) is 77.1 cm³/mol. The fourth-order valence-electron chi connectivity index (χ4n) is 1.98. The van der Waals surface area contributed by atoms with Crippen LogP contribution in [0.2, 0.25) is 0 Å². The van der Waals surface area contributed by atoms with Crippen molar-refractivity contribution in [2.75, 3.05) is 0 Å². The third-order valence-corrected chi connectivity index (χ3v) is 4.14. The molecule has 6 heteroatoms. The molecule has 110 valence electrons. The van der Waals surface area contributed by atoms with Crippen LogP contribution in [0.4, 0.5) is 8.78 Å². The van der Waals surface area contributed by atoms with E-state index in [1.807, 2.05) is 25.5 Å². The third kappa shape index (κ3) is 3.42. The monoisotopic (exact) mass is 307 g/mol. The average molecular weight is 307 g/mol. The summed E-state index contributed by atoms with van der Waals surface area (Å²) in [5.74, 6) is -0.406. The smallest absolute Gasteiger partial charge is 0.127 e. The van der Waals surface area contributed by atoms with Gasteiger partial charge in [-0.2, -0.15) is 5.26 Å². The van der Waals surface area contributed by atoms with Gasteiger partial charge in [0.15, 0.2) is 0 Å². The fourth-order valence-corrected chi connectivity index (χ4v) is 3.17. The molecule has 0 aliphatic heterocycles. The van der Waals surface area contributed by atoms with Gasteiger partial charge in [-0.25, -0.2) is 13.8 Å². The summed E-state index contributed by atoms with van der Waals surface area (Å²) < 4.78 is 28.4. The van der Waals surface area contributed by atoms with Crippen molar-refractivity contribution in [2.45, 2.75) is 36.1 Å². The molecule has 0 N–H and O–H groups in total. The van der Waals surface area contributed by atoms with Crippen LogP contribution in [0.3, 0.4) is 0 Å². The molecule has 0 atom stereocenters. The lowest BCUT2D eigenvalue weighted by molar-refractivity contribution is 0.577. The van der Waals surface area contributed by atoms with Crippen LogP contribution in [0.15, 0.2) is 28.1 Å². The summed E-state index contributed by atoms with van der Waals surface area (Å²) in [4.78, 5) is 4.95. The summed E-state index contributed by atoms with van der Waals surface area (Å²) in [6.07, 6.45) is 0.203. The summed E-state index contributed by atoms with van der Waals surface area (Å²) in [6, 6.07) is 5.49. The molecular formula is C15H15F2N3S. The van der Waals surface area contributed by atoms with Crippen LogP contribution in [0.1, 0.15) is 31.3 Å². The highest BCUT2D eigenvalue weighted by molar-refractivity contribution is 7.99. The second kappa shape index (κ2) is 6.27. The van der Waals surface area contributed by atoms with Crippen molar-refractivity contribution >= 4 is 11.8 Å². The number of hydrogen-bond donors (Lipinski definition) is 0. The minimum Gasteiger partial charge on any atom is -0.325 e. The van der Waals surface area contributed by atoms with Gasteiger partial charge in [0.1, 0.15) is 22.5 Å². The number of benzene rings is 1. The van der Waals surface area contributed by atoms with Gasteiger partial charge in [-0.3, -0.25) is 0 Å². The minimum atomic E-state index is -0.608. The molecule has 0 unspecified atom stereocenters. The first-order valence-corrected chi connectivity index (χ1v) is 7.30. The lowest BCUT2D eigenvalue weighted by atomic mass is 10.1. The highest BCUT2D eigenvalue weighted by Crippen LogP contribution is 2.34. The quantitative estimate of drug-likeness (QED) is 0.856. The number of rotatable bonds is 4. The van der Waals surface area contributed by atoms with Crippen molar-refractivity contribution in [1.29, 1.82) is 5.26 Å². The molecule has 0 radical (unpaired) electrons. The van der Waals surface area contributed by atoms with Gasteiger partial charge in [-0.1, -0.05) is 25.6 Å². The largest absolute Gasteiger partial charge is 0.325 e. The minimum absolute atomic E-state index is 0.157. The Morgan fingerprint density at radius 2 is 1.90 bits per heavy atom. The average Bonchev–Trinajstić information content (AvgIpc) is 2.67. The van der Waals surface area contributed by atoms with Crippen molar-refractivity contribution in [1.82, 2.24) is 9.55 Å². The van der Waals surface area contributed by atoms with Crippen molar-refractivity contribution in [3.63, 3.8) is 0 Å². The highest BCUT2D eigenvalue weighted by Gasteiger charge is 2.18. The van der Waals surface area contributed by atoms with E-state index in [-0.39, 0.29) is 12.3 Å². The van der Waals surface area contributed by atoms with E-state index >= 15 is 0 Å². The molecule has 0 amide bonds. The van der Waals surface area contributed by atoms with E-state index < -0.39 is 11.6 Å². The van der Waals surface area contributed by atoms with Crippen LogP contribution in [0, 0.1) is 23.0 Å². The Bertz CT molecular complexity index is 681. The molecule has 2 aromatic rings. The van der Waals surface area contributed by atoms with Crippen LogP contribution in [0.5, 0.6) is 0 Å². The van der Waals surface area contributed by atoms with Crippen LogP contribution in [-0.4, -0.2) is 9.55 Å². The van der Waals surface area contributed by atoms with E-state index in [0.717, 1.165) is 16.8 Å². The van der Waals surface area contributed by atoms with E-state index in [9.17, 15) is 8.78 Å². The van der Waals surface area contributed by atoms with Crippen molar-refractivity contribution in [3.8, 4) is 6.07 Å². The number of aromatic nitrogens is 2. The summed E-state index contributed by atoms with van der Waals surface area (Å²) in [6.45, 7) is 3.99. The van der Waals surface area contributed by atoms with Crippen molar-refractivity contribution in [3.05, 3.63) is 41.4 Å². The first-order chi connectivity index (χ1) is 9.92. The number of nitrogens with zero attached hydrogens (tertiary/aromatic N) is 3. The summed E-state index contributed by atoms with van der Waals surface area (Å²) >= 11 is 1.26.